The summed E-state index contributed by atoms with van der Waals surface area (Å²) in [5, 5.41) is 13.8. The van der Waals surface area contributed by atoms with Crippen LogP contribution in [0.2, 0.25) is 5.02 Å². The number of amides is 1. The minimum absolute atomic E-state index is 0.107. The van der Waals surface area contributed by atoms with E-state index in [2.05, 4.69) is 10.0 Å². The first-order chi connectivity index (χ1) is 15.1. The van der Waals surface area contributed by atoms with Crippen molar-refractivity contribution in [2.24, 2.45) is 0 Å². The van der Waals surface area contributed by atoms with Crippen LogP contribution in [0.3, 0.4) is 0 Å². The van der Waals surface area contributed by atoms with Gasteiger partial charge in [-0.05, 0) is 49.4 Å². The Labute approximate surface area is 189 Å². The molecule has 0 saturated carbocycles. The molecule has 3 aromatic carbocycles. The average molecular weight is 476 g/mol. The van der Waals surface area contributed by atoms with Crippen LogP contribution < -0.4 is 14.8 Å². The number of sulfonamides is 1. The lowest BCUT2D eigenvalue weighted by molar-refractivity contribution is -0.385. The van der Waals surface area contributed by atoms with E-state index in [0.29, 0.717) is 5.56 Å². The molecule has 11 heteroatoms. The quantitative estimate of drug-likeness (QED) is 0.379. The molecule has 0 spiro atoms. The Bertz CT molecular complexity index is 1310. The van der Waals surface area contributed by atoms with Gasteiger partial charge in [0.05, 0.1) is 33.3 Å². The topological polar surface area (TPSA) is 128 Å². The van der Waals surface area contributed by atoms with Gasteiger partial charge in [-0.15, -0.1) is 0 Å². The number of rotatable bonds is 7. The minimum Gasteiger partial charge on any atom is -0.495 e. The normalized spacial score (nSPS) is 11.0. The summed E-state index contributed by atoms with van der Waals surface area (Å²) in [6.07, 6.45) is 0. The molecule has 3 aromatic rings. The molecule has 0 radical (unpaired) electrons. The van der Waals surface area contributed by atoms with Crippen molar-refractivity contribution >= 4 is 44.6 Å². The van der Waals surface area contributed by atoms with Crippen molar-refractivity contribution in [3.8, 4) is 5.75 Å². The Morgan fingerprint density at radius 2 is 1.78 bits per heavy atom. The first kappa shape index (κ1) is 23.0. The predicted molar refractivity (Wildman–Crippen MR) is 121 cm³/mol. The predicted octanol–water partition coefficient (Wildman–Crippen LogP) is 4.62. The average Bonchev–Trinajstić information content (AvgIpc) is 2.74. The number of nitrogens with one attached hydrogen (secondary N) is 2. The molecule has 32 heavy (non-hydrogen) atoms. The number of carbonyl (C=O) groups excluding carboxylic acids is 1. The number of hydrogen-bond acceptors (Lipinski definition) is 6. The number of nitro groups is 1. The first-order valence-electron chi connectivity index (χ1n) is 9.14. The molecule has 0 atom stereocenters. The Morgan fingerprint density at radius 3 is 2.41 bits per heavy atom. The third-order valence-corrected chi connectivity index (χ3v) is 6.20. The number of aryl methyl sites for hydroxylation is 1. The van der Waals surface area contributed by atoms with Crippen molar-refractivity contribution in [3.05, 3.63) is 86.9 Å². The molecule has 0 aliphatic rings. The SMILES string of the molecule is COc1ccc(S(=O)(=O)Nc2ccccc2Cl)cc1NC(=O)c1ccc([N+](=O)[O-])c(C)c1. The minimum atomic E-state index is -4.02. The van der Waals surface area contributed by atoms with Gasteiger partial charge in [0.25, 0.3) is 21.6 Å². The molecule has 3 rings (SSSR count). The molecule has 0 heterocycles. The number of ether oxygens (including phenoxy) is 1. The lowest BCUT2D eigenvalue weighted by Crippen LogP contribution is -2.16. The van der Waals surface area contributed by atoms with Crippen molar-refractivity contribution in [2.45, 2.75) is 11.8 Å². The molecular formula is C21H18ClN3O6S. The number of hydrogen-bond donors (Lipinski definition) is 2. The summed E-state index contributed by atoms with van der Waals surface area (Å²) < 4.78 is 33.3. The van der Waals surface area contributed by atoms with E-state index < -0.39 is 20.9 Å². The van der Waals surface area contributed by atoms with Gasteiger partial charge in [-0.1, -0.05) is 23.7 Å². The van der Waals surface area contributed by atoms with Crippen LogP contribution in [0.25, 0.3) is 0 Å². The third kappa shape index (κ3) is 4.98. The maximum Gasteiger partial charge on any atom is 0.272 e. The van der Waals surface area contributed by atoms with Gasteiger partial charge in [-0.25, -0.2) is 8.42 Å². The molecule has 9 nitrogen and oxygen atoms in total. The van der Waals surface area contributed by atoms with Gasteiger partial charge in [0, 0.05) is 17.2 Å². The van der Waals surface area contributed by atoms with Crippen molar-refractivity contribution in [1.29, 1.82) is 0 Å². The van der Waals surface area contributed by atoms with E-state index in [0.717, 1.165) is 0 Å². The summed E-state index contributed by atoms with van der Waals surface area (Å²) in [5.41, 5.74) is 0.679. The second kappa shape index (κ2) is 9.25. The van der Waals surface area contributed by atoms with Gasteiger partial charge in [-0.3, -0.25) is 19.6 Å². The third-order valence-electron chi connectivity index (χ3n) is 4.50. The fourth-order valence-electron chi connectivity index (χ4n) is 2.90. The van der Waals surface area contributed by atoms with E-state index in [-0.39, 0.29) is 38.3 Å². The number of nitrogens with zero attached hydrogens (tertiary/aromatic N) is 1. The van der Waals surface area contributed by atoms with Crippen LogP contribution in [0, 0.1) is 17.0 Å². The lowest BCUT2D eigenvalue weighted by Gasteiger charge is -2.14. The van der Waals surface area contributed by atoms with Crippen LogP contribution in [0.15, 0.2) is 65.6 Å². The Kier molecular flexibility index (Phi) is 6.66. The largest absolute Gasteiger partial charge is 0.495 e. The molecule has 0 fully saturated rings. The first-order valence-corrected chi connectivity index (χ1v) is 11.0. The van der Waals surface area contributed by atoms with Gasteiger partial charge >= 0.3 is 0 Å². The molecule has 1 amide bonds. The van der Waals surface area contributed by atoms with Crippen molar-refractivity contribution in [1.82, 2.24) is 0 Å². The van der Waals surface area contributed by atoms with Crippen LogP contribution in [0.4, 0.5) is 17.1 Å². The fraction of sp³-hybridized carbons (Fsp3) is 0.0952. The summed E-state index contributed by atoms with van der Waals surface area (Å²) in [6.45, 7) is 1.52. The van der Waals surface area contributed by atoms with Crippen LogP contribution in [0.1, 0.15) is 15.9 Å². The highest BCUT2D eigenvalue weighted by Crippen LogP contribution is 2.30. The number of carbonyl (C=O) groups is 1. The lowest BCUT2D eigenvalue weighted by atomic mass is 10.1. The monoisotopic (exact) mass is 475 g/mol. The van der Waals surface area contributed by atoms with Crippen LogP contribution in [-0.2, 0) is 10.0 Å². The number of halogens is 1. The second-order valence-corrected chi connectivity index (χ2v) is 8.75. The number of methoxy groups -OCH3 is 1. The smallest absolute Gasteiger partial charge is 0.272 e. The molecule has 2 N–H and O–H groups in total. The van der Waals surface area contributed by atoms with E-state index >= 15 is 0 Å². The van der Waals surface area contributed by atoms with Crippen LogP contribution >= 0.6 is 11.6 Å². The maximum atomic E-state index is 12.8. The van der Waals surface area contributed by atoms with E-state index in [1.807, 2.05) is 0 Å². The fourth-order valence-corrected chi connectivity index (χ4v) is 4.24. The van der Waals surface area contributed by atoms with Gasteiger partial charge in [0.1, 0.15) is 5.75 Å². The summed E-state index contributed by atoms with van der Waals surface area (Å²) in [5.74, 6) is -0.358. The van der Waals surface area contributed by atoms with E-state index in [9.17, 15) is 23.3 Å². The van der Waals surface area contributed by atoms with E-state index in [1.54, 1.807) is 18.2 Å². The highest BCUT2D eigenvalue weighted by Gasteiger charge is 2.20. The van der Waals surface area contributed by atoms with Gasteiger partial charge < -0.3 is 10.1 Å². The molecule has 166 valence electrons. The Hall–Kier alpha value is -3.63. The van der Waals surface area contributed by atoms with Crippen molar-refractivity contribution in [3.63, 3.8) is 0 Å². The second-order valence-electron chi connectivity index (χ2n) is 6.66. The van der Waals surface area contributed by atoms with Crippen LogP contribution in [-0.4, -0.2) is 26.4 Å². The molecule has 0 bridgehead atoms. The van der Waals surface area contributed by atoms with E-state index in [4.69, 9.17) is 16.3 Å². The number of nitro benzene ring substituents is 1. The number of benzene rings is 3. The summed E-state index contributed by atoms with van der Waals surface area (Å²) in [6, 6.07) is 14.3. The maximum absolute atomic E-state index is 12.8. The summed E-state index contributed by atoms with van der Waals surface area (Å²) in [7, 11) is -2.65. The highest BCUT2D eigenvalue weighted by atomic mass is 35.5. The zero-order chi connectivity index (χ0) is 23.5. The number of anilines is 2. The molecule has 0 aromatic heterocycles. The van der Waals surface area contributed by atoms with Gasteiger partial charge in [-0.2, -0.15) is 0 Å². The standard InChI is InChI=1S/C21H18ClN3O6S/c1-13-11-14(7-9-19(13)25(27)28)21(26)23-18-12-15(8-10-20(18)31-2)32(29,30)24-17-6-4-3-5-16(17)22/h3-12,24H,1-2H3,(H,23,26). The molecule has 0 aliphatic carbocycles. The number of para-hydroxylation sites is 1. The zero-order valence-electron chi connectivity index (χ0n) is 17.0. The molecular weight excluding hydrogens is 458 g/mol. The summed E-state index contributed by atoms with van der Waals surface area (Å²) >= 11 is 6.03. The van der Waals surface area contributed by atoms with Crippen molar-refractivity contribution < 1.29 is 22.9 Å². The summed E-state index contributed by atoms with van der Waals surface area (Å²) in [4.78, 5) is 23.0. The zero-order valence-corrected chi connectivity index (χ0v) is 18.5. The van der Waals surface area contributed by atoms with Gasteiger partial charge in [0.15, 0.2) is 0 Å². The van der Waals surface area contributed by atoms with E-state index in [1.165, 1.54) is 56.5 Å². The van der Waals surface area contributed by atoms with Crippen LogP contribution in [0.5, 0.6) is 5.75 Å². The highest BCUT2D eigenvalue weighted by molar-refractivity contribution is 7.92. The molecule has 0 saturated heterocycles. The Morgan fingerprint density at radius 1 is 1.06 bits per heavy atom. The van der Waals surface area contributed by atoms with Crippen molar-refractivity contribution in [2.75, 3.05) is 17.1 Å². The van der Waals surface area contributed by atoms with Gasteiger partial charge in [0.2, 0.25) is 0 Å². The molecule has 0 aliphatic heterocycles. The molecule has 0 unspecified atom stereocenters. The Balaban J connectivity index is 1.91.